The molecule has 0 fully saturated rings. The highest BCUT2D eigenvalue weighted by Gasteiger charge is 2.03. The number of nitrogens with zero attached hydrogens (tertiary/aromatic N) is 1. The predicted molar refractivity (Wildman–Crippen MR) is 32.4 cm³/mol. The fourth-order valence-electron chi connectivity index (χ4n) is 0.200. The number of rotatable bonds is 2. The van der Waals surface area contributed by atoms with Gasteiger partial charge in [0, 0.05) is 5.75 Å². The minimum atomic E-state index is -3.03. The molecular formula is C4H8FNO2S. The van der Waals surface area contributed by atoms with Gasteiger partial charge in [-0.15, -0.1) is 0 Å². The van der Waals surface area contributed by atoms with Crippen LogP contribution in [0.1, 0.15) is 6.92 Å². The molecule has 0 bridgehead atoms. The highest BCUT2D eigenvalue weighted by molar-refractivity contribution is 7.91. The molecule has 0 aromatic rings. The summed E-state index contributed by atoms with van der Waals surface area (Å²) in [5.74, 6) is -0.302. The van der Waals surface area contributed by atoms with Gasteiger partial charge in [-0.05, 0) is 0 Å². The molecule has 0 aliphatic rings. The van der Waals surface area contributed by atoms with Crippen LogP contribution >= 0.6 is 0 Å². The van der Waals surface area contributed by atoms with Gasteiger partial charge >= 0.3 is 0 Å². The zero-order chi connectivity index (χ0) is 6.62. The standard InChI is InChI=1S/C4H7NO2S.FH/c1-2-8(6,7)4-3-5;/h2,4H2,1H3;1H. The van der Waals surface area contributed by atoms with Crippen LogP contribution in [0.5, 0.6) is 0 Å². The third-order valence-corrected chi connectivity index (χ3v) is 2.17. The fourth-order valence-corrected chi connectivity index (χ4v) is 0.601. The van der Waals surface area contributed by atoms with Crippen molar-refractivity contribution in [3.05, 3.63) is 0 Å². The molecule has 0 aromatic heterocycles. The van der Waals surface area contributed by atoms with Crippen LogP contribution in [0.25, 0.3) is 0 Å². The second-order valence-electron chi connectivity index (χ2n) is 1.33. The number of hydrogen-bond acceptors (Lipinski definition) is 3. The first-order valence-electron chi connectivity index (χ1n) is 2.19. The molecule has 0 spiro atoms. The van der Waals surface area contributed by atoms with Crippen molar-refractivity contribution in [1.29, 1.82) is 5.26 Å². The third-order valence-electron chi connectivity index (χ3n) is 0.724. The van der Waals surface area contributed by atoms with Crippen LogP contribution in [0.2, 0.25) is 0 Å². The second kappa shape index (κ2) is 4.27. The maximum atomic E-state index is 10.4. The summed E-state index contributed by atoms with van der Waals surface area (Å²) in [5.41, 5.74) is 0. The Morgan fingerprint density at radius 2 is 2.00 bits per heavy atom. The van der Waals surface area contributed by atoms with Gasteiger partial charge in [-0.3, -0.25) is 4.70 Å². The summed E-state index contributed by atoms with van der Waals surface area (Å²) in [4.78, 5) is 0. The Morgan fingerprint density at radius 3 is 2.11 bits per heavy atom. The minimum Gasteiger partial charge on any atom is -0.269 e. The van der Waals surface area contributed by atoms with Gasteiger partial charge in [-0.25, -0.2) is 8.42 Å². The molecule has 0 N–H and O–H groups in total. The molecule has 0 aromatic carbocycles. The van der Waals surface area contributed by atoms with Crippen molar-refractivity contribution in [3.8, 4) is 6.07 Å². The van der Waals surface area contributed by atoms with E-state index in [0.29, 0.717) is 0 Å². The largest absolute Gasteiger partial charge is 0.269 e. The lowest BCUT2D eigenvalue weighted by Crippen LogP contribution is -2.05. The quantitative estimate of drug-likeness (QED) is 0.565. The van der Waals surface area contributed by atoms with Crippen LogP contribution in [0.3, 0.4) is 0 Å². The molecule has 0 atom stereocenters. The Labute approximate surface area is 53.6 Å². The maximum absolute atomic E-state index is 10.4. The SMILES string of the molecule is CCS(=O)(=O)CC#N.F. The summed E-state index contributed by atoms with van der Waals surface area (Å²) in [6.07, 6.45) is 0. The average molecular weight is 153 g/mol. The molecule has 0 aliphatic carbocycles. The van der Waals surface area contributed by atoms with Gasteiger partial charge in [0.15, 0.2) is 9.84 Å². The first-order chi connectivity index (χ1) is 3.62. The normalized spacial score (nSPS) is 9.33. The van der Waals surface area contributed by atoms with Crippen LogP contribution in [-0.2, 0) is 9.84 Å². The van der Waals surface area contributed by atoms with E-state index in [1.165, 1.54) is 6.92 Å². The van der Waals surface area contributed by atoms with Crippen molar-refractivity contribution < 1.29 is 13.1 Å². The topological polar surface area (TPSA) is 57.9 Å². The Kier molecular flexibility index (Phi) is 5.31. The molecule has 0 rings (SSSR count). The molecular weight excluding hydrogens is 145 g/mol. The molecule has 0 aliphatic heterocycles. The van der Waals surface area contributed by atoms with Crippen LogP contribution in [-0.4, -0.2) is 19.9 Å². The van der Waals surface area contributed by atoms with E-state index in [9.17, 15) is 8.42 Å². The Morgan fingerprint density at radius 1 is 1.56 bits per heavy atom. The van der Waals surface area contributed by atoms with Crippen LogP contribution in [0.15, 0.2) is 0 Å². The number of sulfone groups is 1. The van der Waals surface area contributed by atoms with Gasteiger partial charge in [-0.2, -0.15) is 5.26 Å². The summed E-state index contributed by atoms with van der Waals surface area (Å²) in [6, 6.07) is 1.57. The van der Waals surface area contributed by atoms with Gasteiger partial charge in [0.2, 0.25) is 0 Å². The summed E-state index contributed by atoms with van der Waals surface area (Å²) in [7, 11) is -3.03. The van der Waals surface area contributed by atoms with Gasteiger partial charge in [-0.1, -0.05) is 6.92 Å². The first kappa shape index (κ1) is 11.2. The number of nitriles is 1. The second-order valence-corrected chi connectivity index (χ2v) is 3.69. The molecule has 0 saturated carbocycles. The van der Waals surface area contributed by atoms with Crippen molar-refractivity contribution >= 4 is 9.84 Å². The summed E-state index contributed by atoms with van der Waals surface area (Å²) < 4.78 is 20.8. The maximum Gasteiger partial charge on any atom is 0.163 e. The van der Waals surface area contributed by atoms with Crippen molar-refractivity contribution in [2.75, 3.05) is 11.5 Å². The highest BCUT2D eigenvalue weighted by Crippen LogP contribution is 1.84. The zero-order valence-corrected chi connectivity index (χ0v) is 5.81. The minimum absolute atomic E-state index is 0. The van der Waals surface area contributed by atoms with Gasteiger partial charge in [0.1, 0.15) is 5.75 Å². The third kappa shape index (κ3) is 5.24. The molecule has 0 unspecified atom stereocenters. The van der Waals surface area contributed by atoms with E-state index in [1.807, 2.05) is 0 Å². The monoisotopic (exact) mass is 153 g/mol. The van der Waals surface area contributed by atoms with E-state index in [0.717, 1.165) is 0 Å². The van der Waals surface area contributed by atoms with Crippen LogP contribution < -0.4 is 0 Å². The Hall–Kier alpha value is -0.630. The van der Waals surface area contributed by atoms with Crippen molar-refractivity contribution in [2.45, 2.75) is 6.92 Å². The van der Waals surface area contributed by atoms with Crippen LogP contribution in [0.4, 0.5) is 4.70 Å². The van der Waals surface area contributed by atoms with E-state index in [-0.39, 0.29) is 16.2 Å². The van der Waals surface area contributed by atoms with E-state index >= 15 is 0 Å². The zero-order valence-electron chi connectivity index (χ0n) is 4.99. The van der Waals surface area contributed by atoms with Crippen molar-refractivity contribution in [2.24, 2.45) is 0 Å². The molecule has 5 heteroatoms. The Bertz CT molecular complexity index is 191. The summed E-state index contributed by atoms with van der Waals surface area (Å²) in [6.45, 7) is 1.52. The van der Waals surface area contributed by atoms with E-state index in [4.69, 9.17) is 5.26 Å². The molecule has 0 radical (unpaired) electrons. The van der Waals surface area contributed by atoms with E-state index in [1.54, 1.807) is 6.07 Å². The Balaban J connectivity index is 0. The molecule has 3 nitrogen and oxygen atoms in total. The van der Waals surface area contributed by atoms with Crippen molar-refractivity contribution in [1.82, 2.24) is 0 Å². The molecule has 9 heavy (non-hydrogen) atoms. The summed E-state index contributed by atoms with van der Waals surface area (Å²) in [5, 5.41) is 7.90. The lowest BCUT2D eigenvalue weighted by molar-refractivity contribution is 0.600. The molecule has 0 amide bonds. The summed E-state index contributed by atoms with van der Waals surface area (Å²) >= 11 is 0. The van der Waals surface area contributed by atoms with Crippen LogP contribution in [0, 0.1) is 11.3 Å². The van der Waals surface area contributed by atoms with Crippen molar-refractivity contribution in [3.63, 3.8) is 0 Å². The molecule has 0 saturated heterocycles. The van der Waals surface area contributed by atoms with Gasteiger partial charge in [0.05, 0.1) is 6.07 Å². The predicted octanol–water partition coefficient (Wildman–Crippen LogP) is 0.0972. The van der Waals surface area contributed by atoms with E-state index < -0.39 is 9.84 Å². The number of hydrogen-bond donors (Lipinski definition) is 0. The highest BCUT2D eigenvalue weighted by atomic mass is 32.2. The fraction of sp³-hybridized carbons (Fsp3) is 0.750. The molecule has 54 valence electrons. The van der Waals surface area contributed by atoms with Gasteiger partial charge in [0.25, 0.3) is 0 Å². The number of halogens is 1. The smallest absolute Gasteiger partial charge is 0.163 e. The first-order valence-corrected chi connectivity index (χ1v) is 4.02. The van der Waals surface area contributed by atoms with E-state index in [2.05, 4.69) is 0 Å². The molecule has 0 heterocycles. The lowest BCUT2D eigenvalue weighted by atomic mass is 10.9. The average Bonchev–Trinajstić information content (AvgIpc) is 1.67. The lowest BCUT2D eigenvalue weighted by Gasteiger charge is -1.87. The van der Waals surface area contributed by atoms with Gasteiger partial charge < -0.3 is 0 Å².